The van der Waals surface area contributed by atoms with Gasteiger partial charge in [-0.2, -0.15) is 0 Å². The first-order chi connectivity index (χ1) is 2.91. The second-order valence-electron chi connectivity index (χ2n) is 1.22. The molecule has 0 unspecified atom stereocenters. The lowest BCUT2D eigenvalue weighted by molar-refractivity contribution is 0.154. The fourth-order valence-corrected chi connectivity index (χ4v) is 0.229. The standard InChI is InChI=1S/C4H10NO/c1-2-3-4-5-6/h6H,2-4H2,1H3. The van der Waals surface area contributed by atoms with Crippen LogP contribution in [0.1, 0.15) is 19.8 Å². The van der Waals surface area contributed by atoms with Crippen LogP contribution in [-0.2, 0) is 0 Å². The maximum Gasteiger partial charge on any atom is 0.0424 e. The molecule has 0 amide bonds. The quantitative estimate of drug-likeness (QED) is 0.401. The SMILES string of the molecule is CCCC[N]O. The van der Waals surface area contributed by atoms with E-state index in [1.165, 1.54) is 0 Å². The summed E-state index contributed by atoms with van der Waals surface area (Å²) in [4.78, 5) is 0. The molecular formula is C4H10NO. The number of nitrogens with zero attached hydrogens (tertiary/aromatic N) is 1. The van der Waals surface area contributed by atoms with Gasteiger partial charge < -0.3 is 0 Å². The Balaban J connectivity index is 2.34. The summed E-state index contributed by atoms with van der Waals surface area (Å²) in [5, 5.41) is 7.82. The van der Waals surface area contributed by atoms with Gasteiger partial charge in [0.1, 0.15) is 0 Å². The van der Waals surface area contributed by atoms with Crippen LogP contribution in [0.2, 0.25) is 0 Å². The van der Waals surface area contributed by atoms with E-state index in [-0.39, 0.29) is 0 Å². The summed E-state index contributed by atoms with van der Waals surface area (Å²) >= 11 is 0. The maximum atomic E-state index is 7.82. The van der Waals surface area contributed by atoms with Crippen molar-refractivity contribution in [3.63, 3.8) is 0 Å². The number of unbranched alkanes of at least 4 members (excludes halogenated alkanes) is 1. The zero-order valence-electron chi connectivity index (χ0n) is 4.02. The van der Waals surface area contributed by atoms with E-state index < -0.39 is 0 Å². The average molecular weight is 88.1 g/mol. The second kappa shape index (κ2) is 4.92. The highest BCUT2D eigenvalue weighted by Gasteiger charge is 1.76. The van der Waals surface area contributed by atoms with Crippen LogP contribution in [0.15, 0.2) is 0 Å². The van der Waals surface area contributed by atoms with E-state index in [2.05, 4.69) is 12.4 Å². The first-order valence-electron chi connectivity index (χ1n) is 2.22. The summed E-state index contributed by atoms with van der Waals surface area (Å²) in [5.41, 5.74) is 2.93. The summed E-state index contributed by atoms with van der Waals surface area (Å²) in [5.74, 6) is 0. The lowest BCUT2D eigenvalue weighted by atomic mass is 10.3. The highest BCUT2D eigenvalue weighted by atomic mass is 16.5. The molecule has 0 aromatic rings. The Labute approximate surface area is 38.1 Å². The minimum atomic E-state index is 0.594. The fraction of sp³-hybridized carbons (Fsp3) is 1.00. The van der Waals surface area contributed by atoms with Gasteiger partial charge in [-0.25, -0.2) is 0 Å². The summed E-state index contributed by atoms with van der Waals surface area (Å²) in [6.45, 7) is 2.65. The van der Waals surface area contributed by atoms with Crippen LogP contribution in [0.3, 0.4) is 0 Å². The third-order valence-electron chi connectivity index (χ3n) is 0.612. The minimum Gasteiger partial charge on any atom is -0.297 e. The summed E-state index contributed by atoms with van der Waals surface area (Å²) in [6.07, 6.45) is 2.10. The number of rotatable bonds is 3. The molecule has 37 valence electrons. The van der Waals surface area contributed by atoms with E-state index in [1.807, 2.05) is 0 Å². The van der Waals surface area contributed by atoms with Crippen molar-refractivity contribution in [1.29, 1.82) is 0 Å². The van der Waals surface area contributed by atoms with Gasteiger partial charge in [0.25, 0.3) is 0 Å². The summed E-state index contributed by atoms with van der Waals surface area (Å²) in [7, 11) is 0. The molecule has 0 bridgehead atoms. The van der Waals surface area contributed by atoms with E-state index in [1.54, 1.807) is 0 Å². The first kappa shape index (κ1) is 5.92. The molecule has 0 atom stereocenters. The lowest BCUT2D eigenvalue weighted by Crippen LogP contribution is -1.97. The minimum absolute atomic E-state index is 0.594. The Morgan fingerprint density at radius 1 is 1.67 bits per heavy atom. The van der Waals surface area contributed by atoms with Gasteiger partial charge >= 0.3 is 0 Å². The number of hydroxylamine groups is 1. The second-order valence-corrected chi connectivity index (χ2v) is 1.22. The normalized spacial score (nSPS) is 9.00. The fourth-order valence-electron chi connectivity index (χ4n) is 0.229. The Morgan fingerprint density at radius 3 is 2.50 bits per heavy atom. The molecule has 0 rings (SSSR count). The largest absolute Gasteiger partial charge is 0.297 e. The van der Waals surface area contributed by atoms with Gasteiger partial charge in [-0.1, -0.05) is 13.3 Å². The van der Waals surface area contributed by atoms with Crippen LogP contribution in [0.5, 0.6) is 0 Å². The van der Waals surface area contributed by atoms with Crippen LogP contribution in [0.4, 0.5) is 0 Å². The van der Waals surface area contributed by atoms with Crippen molar-refractivity contribution >= 4 is 0 Å². The Bertz CT molecular complexity index is 19.5. The molecule has 0 aromatic carbocycles. The molecule has 0 saturated heterocycles. The number of hydrogen-bond donors (Lipinski definition) is 1. The van der Waals surface area contributed by atoms with Crippen LogP contribution in [0, 0.1) is 0 Å². The molecule has 1 radical (unpaired) electrons. The Morgan fingerprint density at radius 2 is 2.33 bits per heavy atom. The number of hydrogen-bond acceptors (Lipinski definition) is 1. The molecule has 0 aliphatic carbocycles. The van der Waals surface area contributed by atoms with Gasteiger partial charge in [-0.3, -0.25) is 5.21 Å². The maximum absolute atomic E-state index is 7.82. The molecule has 0 fully saturated rings. The van der Waals surface area contributed by atoms with Gasteiger partial charge in [0.2, 0.25) is 0 Å². The molecule has 2 nitrogen and oxygen atoms in total. The average Bonchev–Trinajstić information content (AvgIpc) is 1.61. The highest BCUT2D eigenvalue weighted by molar-refractivity contribution is 4.30. The molecule has 6 heavy (non-hydrogen) atoms. The molecule has 0 heterocycles. The Kier molecular flexibility index (Phi) is 4.85. The van der Waals surface area contributed by atoms with E-state index in [0.717, 1.165) is 12.8 Å². The molecule has 1 N–H and O–H groups in total. The van der Waals surface area contributed by atoms with E-state index in [9.17, 15) is 0 Å². The first-order valence-corrected chi connectivity index (χ1v) is 2.22. The molecule has 0 aliphatic rings. The van der Waals surface area contributed by atoms with Gasteiger partial charge in [-0.05, 0) is 6.42 Å². The van der Waals surface area contributed by atoms with Gasteiger partial charge in [-0.15, -0.1) is 5.48 Å². The predicted molar refractivity (Wildman–Crippen MR) is 23.7 cm³/mol. The third-order valence-corrected chi connectivity index (χ3v) is 0.612. The smallest absolute Gasteiger partial charge is 0.0424 e. The molecule has 0 spiro atoms. The molecular weight excluding hydrogens is 78.0 g/mol. The molecule has 0 aromatic heterocycles. The van der Waals surface area contributed by atoms with Gasteiger partial charge in [0.15, 0.2) is 0 Å². The molecule has 0 aliphatic heterocycles. The summed E-state index contributed by atoms with van der Waals surface area (Å²) < 4.78 is 0. The third kappa shape index (κ3) is 3.92. The topological polar surface area (TPSA) is 34.3 Å². The van der Waals surface area contributed by atoms with Crippen molar-refractivity contribution in [1.82, 2.24) is 5.48 Å². The zero-order chi connectivity index (χ0) is 4.83. The highest BCUT2D eigenvalue weighted by Crippen LogP contribution is 1.80. The van der Waals surface area contributed by atoms with Gasteiger partial charge in [0, 0.05) is 6.54 Å². The van der Waals surface area contributed by atoms with E-state index >= 15 is 0 Å². The lowest BCUT2D eigenvalue weighted by Gasteiger charge is -1.85. The zero-order valence-corrected chi connectivity index (χ0v) is 4.02. The van der Waals surface area contributed by atoms with Crippen molar-refractivity contribution < 1.29 is 5.21 Å². The molecule has 0 saturated carbocycles. The van der Waals surface area contributed by atoms with E-state index in [4.69, 9.17) is 5.21 Å². The van der Waals surface area contributed by atoms with E-state index in [0.29, 0.717) is 6.54 Å². The predicted octanol–water partition coefficient (Wildman–Crippen LogP) is 0.780. The van der Waals surface area contributed by atoms with Crippen LogP contribution in [-0.4, -0.2) is 11.8 Å². The van der Waals surface area contributed by atoms with Crippen molar-refractivity contribution in [2.45, 2.75) is 19.8 Å². The van der Waals surface area contributed by atoms with Crippen LogP contribution < -0.4 is 5.48 Å². The van der Waals surface area contributed by atoms with Crippen molar-refractivity contribution in [3.8, 4) is 0 Å². The summed E-state index contributed by atoms with van der Waals surface area (Å²) in [6, 6.07) is 0. The van der Waals surface area contributed by atoms with Crippen LogP contribution in [0.25, 0.3) is 0 Å². The van der Waals surface area contributed by atoms with Crippen molar-refractivity contribution in [3.05, 3.63) is 0 Å². The Hall–Kier alpha value is -0.0800. The molecule has 2 heteroatoms. The van der Waals surface area contributed by atoms with Gasteiger partial charge in [0.05, 0.1) is 0 Å². The van der Waals surface area contributed by atoms with Crippen LogP contribution >= 0.6 is 0 Å². The monoisotopic (exact) mass is 88.1 g/mol. The van der Waals surface area contributed by atoms with Crippen molar-refractivity contribution in [2.75, 3.05) is 6.54 Å². The van der Waals surface area contributed by atoms with Crippen molar-refractivity contribution in [2.24, 2.45) is 0 Å².